The highest BCUT2D eigenvalue weighted by Gasteiger charge is 2.13. The standard InChI is InChI=1S/C20H25NO2/c1-5-18(17-11-9-14(2)10-12-17)21-20(22)13-23-19-8-6-7-15(3)16(19)4/h6-12,18H,5,13H2,1-4H3,(H,21,22)/t18-/m0/s1. The maximum Gasteiger partial charge on any atom is 0.258 e. The van der Waals surface area contributed by atoms with Crippen molar-refractivity contribution in [3.8, 4) is 5.75 Å². The summed E-state index contributed by atoms with van der Waals surface area (Å²) in [6, 6.07) is 14.2. The van der Waals surface area contributed by atoms with Crippen molar-refractivity contribution in [1.82, 2.24) is 5.32 Å². The molecular weight excluding hydrogens is 286 g/mol. The van der Waals surface area contributed by atoms with Crippen molar-refractivity contribution in [2.75, 3.05) is 6.61 Å². The van der Waals surface area contributed by atoms with Crippen molar-refractivity contribution in [3.05, 3.63) is 64.7 Å². The van der Waals surface area contributed by atoms with Crippen LogP contribution in [0.5, 0.6) is 5.75 Å². The van der Waals surface area contributed by atoms with Crippen molar-refractivity contribution in [1.29, 1.82) is 0 Å². The second-order valence-corrected chi connectivity index (χ2v) is 5.93. The van der Waals surface area contributed by atoms with E-state index in [0.717, 1.165) is 28.9 Å². The number of hydrogen-bond donors (Lipinski definition) is 1. The monoisotopic (exact) mass is 311 g/mol. The van der Waals surface area contributed by atoms with Crippen LogP contribution in [0, 0.1) is 20.8 Å². The molecule has 0 spiro atoms. The molecular formula is C20H25NO2. The first-order chi connectivity index (χ1) is 11.0. The highest BCUT2D eigenvalue weighted by molar-refractivity contribution is 5.78. The number of benzene rings is 2. The Morgan fingerprint density at radius 3 is 2.43 bits per heavy atom. The Morgan fingerprint density at radius 1 is 1.09 bits per heavy atom. The van der Waals surface area contributed by atoms with Gasteiger partial charge >= 0.3 is 0 Å². The molecule has 0 aliphatic rings. The van der Waals surface area contributed by atoms with E-state index >= 15 is 0 Å². The van der Waals surface area contributed by atoms with E-state index in [2.05, 4.69) is 43.4 Å². The Labute approximate surface area is 138 Å². The zero-order valence-electron chi connectivity index (χ0n) is 14.3. The first-order valence-electron chi connectivity index (χ1n) is 8.06. The van der Waals surface area contributed by atoms with E-state index in [1.54, 1.807) is 0 Å². The molecule has 0 unspecified atom stereocenters. The lowest BCUT2D eigenvalue weighted by atomic mass is 10.0. The van der Waals surface area contributed by atoms with Gasteiger partial charge in [-0.05, 0) is 49.9 Å². The summed E-state index contributed by atoms with van der Waals surface area (Å²) in [5.41, 5.74) is 4.58. The smallest absolute Gasteiger partial charge is 0.258 e. The van der Waals surface area contributed by atoms with Gasteiger partial charge in [-0.3, -0.25) is 4.79 Å². The number of rotatable bonds is 6. The summed E-state index contributed by atoms with van der Waals surface area (Å²) in [7, 11) is 0. The molecule has 122 valence electrons. The molecule has 2 aromatic rings. The van der Waals surface area contributed by atoms with Crippen LogP contribution >= 0.6 is 0 Å². The summed E-state index contributed by atoms with van der Waals surface area (Å²) in [5.74, 6) is 0.668. The summed E-state index contributed by atoms with van der Waals surface area (Å²) >= 11 is 0. The van der Waals surface area contributed by atoms with E-state index in [4.69, 9.17) is 4.74 Å². The van der Waals surface area contributed by atoms with Crippen molar-refractivity contribution in [3.63, 3.8) is 0 Å². The molecule has 0 aliphatic heterocycles. The zero-order chi connectivity index (χ0) is 16.8. The minimum Gasteiger partial charge on any atom is -0.483 e. The average molecular weight is 311 g/mol. The van der Waals surface area contributed by atoms with Gasteiger partial charge in [-0.15, -0.1) is 0 Å². The quantitative estimate of drug-likeness (QED) is 0.865. The summed E-state index contributed by atoms with van der Waals surface area (Å²) in [6.45, 7) is 8.20. The van der Waals surface area contributed by atoms with Crippen LogP contribution in [-0.2, 0) is 4.79 Å². The number of ether oxygens (including phenoxy) is 1. The van der Waals surface area contributed by atoms with E-state index in [-0.39, 0.29) is 18.6 Å². The molecule has 0 bridgehead atoms. The van der Waals surface area contributed by atoms with E-state index in [1.807, 2.05) is 32.0 Å². The fourth-order valence-electron chi connectivity index (χ4n) is 2.48. The van der Waals surface area contributed by atoms with Crippen LogP contribution < -0.4 is 10.1 Å². The van der Waals surface area contributed by atoms with Gasteiger partial charge in [0.2, 0.25) is 0 Å². The predicted octanol–water partition coefficient (Wildman–Crippen LogP) is 4.26. The van der Waals surface area contributed by atoms with Gasteiger partial charge in [0.25, 0.3) is 5.91 Å². The summed E-state index contributed by atoms with van der Waals surface area (Å²) < 4.78 is 5.67. The van der Waals surface area contributed by atoms with Gasteiger partial charge in [-0.1, -0.05) is 48.9 Å². The van der Waals surface area contributed by atoms with Crippen LogP contribution in [0.2, 0.25) is 0 Å². The Kier molecular flexibility index (Phi) is 5.80. The Morgan fingerprint density at radius 2 is 1.78 bits per heavy atom. The molecule has 0 fully saturated rings. The van der Waals surface area contributed by atoms with Crippen LogP contribution in [-0.4, -0.2) is 12.5 Å². The molecule has 3 nitrogen and oxygen atoms in total. The van der Waals surface area contributed by atoms with E-state index in [0.29, 0.717) is 0 Å². The highest BCUT2D eigenvalue weighted by Crippen LogP contribution is 2.21. The second-order valence-electron chi connectivity index (χ2n) is 5.93. The molecule has 0 saturated heterocycles. The van der Waals surface area contributed by atoms with Crippen LogP contribution in [0.4, 0.5) is 0 Å². The lowest BCUT2D eigenvalue weighted by Crippen LogP contribution is -2.32. The lowest BCUT2D eigenvalue weighted by Gasteiger charge is -2.18. The lowest BCUT2D eigenvalue weighted by molar-refractivity contribution is -0.123. The molecule has 2 rings (SSSR count). The van der Waals surface area contributed by atoms with Gasteiger partial charge in [0.1, 0.15) is 5.75 Å². The fourth-order valence-corrected chi connectivity index (χ4v) is 2.48. The SMILES string of the molecule is CC[C@H](NC(=O)COc1cccc(C)c1C)c1ccc(C)cc1. The maximum absolute atomic E-state index is 12.2. The molecule has 0 aliphatic carbocycles. The van der Waals surface area contributed by atoms with E-state index in [1.165, 1.54) is 5.56 Å². The van der Waals surface area contributed by atoms with E-state index in [9.17, 15) is 4.79 Å². The third kappa shape index (κ3) is 4.59. The molecule has 0 saturated carbocycles. The van der Waals surface area contributed by atoms with Crippen molar-refractivity contribution in [2.45, 2.75) is 40.2 Å². The number of hydrogen-bond acceptors (Lipinski definition) is 2. The van der Waals surface area contributed by atoms with Gasteiger partial charge in [0.05, 0.1) is 6.04 Å². The number of nitrogens with one attached hydrogen (secondary N) is 1. The minimum absolute atomic E-state index is 0.0188. The first kappa shape index (κ1) is 17.1. The molecule has 1 N–H and O–H groups in total. The Bertz CT molecular complexity index is 662. The van der Waals surface area contributed by atoms with Crippen LogP contribution in [0.15, 0.2) is 42.5 Å². The number of aryl methyl sites for hydroxylation is 2. The van der Waals surface area contributed by atoms with Crippen molar-refractivity contribution < 1.29 is 9.53 Å². The van der Waals surface area contributed by atoms with Gasteiger partial charge in [0.15, 0.2) is 6.61 Å². The third-order valence-electron chi connectivity index (χ3n) is 4.14. The zero-order valence-corrected chi connectivity index (χ0v) is 14.3. The van der Waals surface area contributed by atoms with Crippen molar-refractivity contribution >= 4 is 5.91 Å². The number of carbonyl (C=O) groups excluding carboxylic acids is 1. The second kappa shape index (κ2) is 7.82. The number of carbonyl (C=O) groups is 1. The normalized spacial score (nSPS) is 11.8. The van der Waals surface area contributed by atoms with Gasteiger partial charge in [-0.25, -0.2) is 0 Å². The summed E-state index contributed by atoms with van der Waals surface area (Å²) in [4.78, 5) is 12.2. The molecule has 3 heteroatoms. The molecule has 0 aromatic heterocycles. The summed E-state index contributed by atoms with van der Waals surface area (Å²) in [6.07, 6.45) is 0.846. The maximum atomic E-state index is 12.2. The van der Waals surface area contributed by atoms with Crippen LogP contribution in [0.3, 0.4) is 0 Å². The van der Waals surface area contributed by atoms with Crippen LogP contribution in [0.25, 0.3) is 0 Å². The van der Waals surface area contributed by atoms with Gasteiger partial charge in [-0.2, -0.15) is 0 Å². The van der Waals surface area contributed by atoms with Crippen molar-refractivity contribution in [2.24, 2.45) is 0 Å². The first-order valence-corrected chi connectivity index (χ1v) is 8.06. The molecule has 1 atom stereocenters. The third-order valence-corrected chi connectivity index (χ3v) is 4.14. The molecule has 1 amide bonds. The molecule has 2 aromatic carbocycles. The molecule has 23 heavy (non-hydrogen) atoms. The highest BCUT2D eigenvalue weighted by atomic mass is 16.5. The topological polar surface area (TPSA) is 38.3 Å². The predicted molar refractivity (Wildman–Crippen MR) is 93.8 cm³/mol. The fraction of sp³-hybridized carbons (Fsp3) is 0.350. The number of amides is 1. The Hall–Kier alpha value is -2.29. The van der Waals surface area contributed by atoms with Gasteiger partial charge in [0, 0.05) is 0 Å². The Balaban J connectivity index is 1.95. The minimum atomic E-state index is -0.0988. The molecule has 0 heterocycles. The van der Waals surface area contributed by atoms with Gasteiger partial charge < -0.3 is 10.1 Å². The van der Waals surface area contributed by atoms with E-state index < -0.39 is 0 Å². The molecule has 0 radical (unpaired) electrons. The van der Waals surface area contributed by atoms with Crippen LogP contribution in [0.1, 0.15) is 41.6 Å². The largest absolute Gasteiger partial charge is 0.483 e. The summed E-state index contributed by atoms with van der Waals surface area (Å²) in [5, 5.41) is 3.04. The average Bonchev–Trinajstić information content (AvgIpc) is 2.55.